The van der Waals surface area contributed by atoms with Gasteiger partial charge in [-0.25, -0.2) is 14.5 Å². The summed E-state index contributed by atoms with van der Waals surface area (Å²) in [4.78, 5) is 22.0. The van der Waals surface area contributed by atoms with Crippen LogP contribution in [0.15, 0.2) is 30.6 Å². The van der Waals surface area contributed by atoms with Crippen molar-refractivity contribution in [2.45, 2.75) is 18.8 Å². The maximum Gasteiger partial charge on any atom is 0.248 e. The van der Waals surface area contributed by atoms with Gasteiger partial charge in [-0.3, -0.25) is 4.79 Å². The largest absolute Gasteiger partial charge is 0.382 e. The highest BCUT2D eigenvalue weighted by molar-refractivity contribution is 5.94. The summed E-state index contributed by atoms with van der Waals surface area (Å²) in [6.45, 7) is 1.36. The molecule has 2 aromatic heterocycles. The molecule has 4 N–H and O–H groups in total. The van der Waals surface area contributed by atoms with E-state index in [9.17, 15) is 10.1 Å². The molecule has 1 unspecified atom stereocenters. The van der Waals surface area contributed by atoms with Crippen LogP contribution in [0, 0.1) is 11.5 Å². The van der Waals surface area contributed by atoms with E-state index < -0.39 is 5.91 Å². The van der Waals surface area contributed by atoms with Crippen LogP contribution in [-0.2, 0) is 0 Å². The lowest BCUT2D eigenvalue weighted by atomic mass is 9.98. The van der Waals surface area contributed by atoms with E-state index in [1.165, 1.54) is 6.33 Å². The molecule has 0 radical (unpaired) electrons. The number of hydrogen-bond donors (Lipinski definition) is 2. The van der Waals surface area contributed by atoms with Crippen molar-refractivity contribution in [2.75, 3.05) is 18.8 Å². The molecule has 27 heavy (non-hydrogen) atoms. The minimum Gasteiger partial charge on any atom is -0.382 e. The van der Waals surface area contributed by atoms with Crippen LogP contribution in [0.2, 0.25) is 0 Å². The van der Waals surface area contributed by atoms with Crippen molar-refractivity contribution in [3.8, 4) is 17.5 Å². The number of nitrogens with zero attached hydrogens (tertiary/aromatic N) is 6. The molecule has 4 rings (SSSR count). The lowest BCUT2D eigenvalue weighted by molar-refractivity contribution is 0.100. The zero-order valence-electron chi connectivity index (χ0n) is 14.5. The predicted octanol–water partition coefficient (Wildman–Crippen LogP) is 1.13. The molecule has 136 valence electrons. The van der Waals surface area contributed by atoms with Crippen molar-refractivity contribution in [3.63, 3.8) is 0 Å². The van der Waals surface area contributed by atoms with Crippen molar-refractivity contribution in [1.82, 2.24) is 24.5 Å². The second kappa shape index (κ2) is 6.57. The Kier molecular flexibility index (Phi) is 4.08. The molecule has 0 spiro atoms. The van der Waals surface area contributed by atoms with Crippen LogP contribution in [0.1, 0.15) is 34.9 Å². The standard InChI is InChI=1S/C18H18N8O/c19-9-25-7-1-2-13(8-25)18-24-14(15-16(20)22-10-23-26(15)18)11-3-5-12(6-4-11)17(21)27/h3-6,10,13H,1-2,7-8H2,(H2,21,27)(H2,20,22,23). The van der Waals surface area contributed by atoms with E-state index in [4.69, 9.17) is 16.5 Å². The molecule has 0 aliphatic carbocycles. The first-order valence-electron chi connectivity index (χ1n) is 8.62. The van der Waals surface area contributed by atoms with Gasteiger partial charge >= 0.3 is 0 Å². The molecule has 9 nitrogen and oxygen atoms in total. The highest BCUT2D eigenvalue weighted by Crippen LogP contribution is 2.33. The predicted molar refractivity (Wildman–Crippen MR) is 98.3 cm³/mol. The highest BCUT2D eigenvalue weighted by atomic mass is 16.1. The van der Waals surface area contributed by atoms with E-state index in [2.05, 4.69) is 16.3 Å². The first kappa shape index (κ1) is 16.8. The molecule has 3 heterocycles. The molecule has 1 aliphatic rings. The molecular weight excluding hydrogens is 344 g/mol. The van der Waals surface area contributed by atoms with Gasteiger partial charge < -0.3 is 16.4 Å². The summed E-state index contributed by atoms with van der Waals surface area (Å²) in [5.74, 6) is 0.663. The molecule has 1 amide bonds. The average Bonchev–Trinajstić information content (AvgIpc) is 3.09. The Labute approximate surface area is 155 Å². The number of nitrogens with two attached hydrogens (primary N) is 2. The van der Waals surface area contributed by atoms with Gasteiger partial charge in [0.1, 0.15) is 23.4 Å². The Morgan fingerprint density at radius 1 is 1.30 bits per heavy atom. The molecule has 1 fully saturated rings. The number of primary amides is 1. The zero-order valence-corrected chi connectivity index (χ0v) is 14.5. The number of aromatic nitrogens is 4. The van der Waals surface area contributed by atoms with Gasteiger partial charge in [0.05, 0.1) is 0 Å². The zero-order chi connectivity index (χ0) is 19.0. The minimum atomic E-state index is -0.487. The Hall–Kier alpha value is -3.67. The first-order valence-corrected chi connectivity index (χ1v) is 8.62. The van der Waals surface area contributed by atoms with E-state index in [0.717, 1.165) is 30.8 Å². The molecule has 0 bridgehead atoms. The quantitative estimate of drug-likeness (QED) is 0.666. The molecule has 1 atom stereocenters. The Morgan fingerprint density at radius 2 is 2.07 bits per heavy atom. The summed E-state index contributed by atoms with van der Waals surface area (Å²) in [6.07, 6.45) is 5.45. The van der Waals surface area contributed by atoms with E-state index in [1.54, 1.807) is 33.7 Å². The van der Waals surface area contributed by atoms with Crippen LogP contribution in [0.3, 0.4) is 0 Å². The third-order valence-corrected chi connectivity index (χ3v) is 4.86. The number of piperidine rings is 1. The van der Waals surface area contributed by atoms with Crippen LogP contribution < -0.4 is 11.5 Å². The molecule has 0 saturated carbocycles. The SMILES string of the molecule is N#CN1CCCC(c2nc(-c3ccc(C(N)=O)cc3)c3c(N)ncnn23)C1. The maximum absolute atomic E-state index is 11.3. The molecule has 1 saturated heterocycles. The number of likely N-dealkylation sites (tertiary alicyclic amines) is 1. The molecular formula is C18H18N8O. The normalized spacial score (nSPS) is 17.0. The molecule has 1 aliphatic heterocycles. The second-order valence-electron chi connectivity index (χ2n) is 6.55. The van der Waals surface area contributed by atoms with Gasteiger partial charge in [0, 0.05) is 30.1 Å². The van der Waals surface area contributed by atoms with E-state index >= 15 is 0 Å². The van der Waals surface area contributed by atoms with Crippen LogP contribution in [0.25, 0.3) is 16.8 Å². The topological polar surface area (TPSA) is 139 Å². The number of fused-ring (bicyclic) bond motifs is 1. The average molecular weight is 362 g/mol. The van der Waals surface area contributed by atoms with Crippen molar-refractivity contribution in [3.05, 3.63) is 42.0 Å². The van der Waals surface area contributed by atoms with Crippen molar-refractivity contribution in [1.29, 1.82) is 5.26 Å². The third-order valence-electron chi connectivity index (χ3n) is 4.86. The van der Waals surface area contributed by atoms with Gasteiger partial charge in [-0.15, -0.1) is 0 Å². The summed E-state index contributed by atoms with van der Waals surface area (Å²) in [5.41, 5.74) is 13.9. The van der Waals surface area contributed by atoms with Gasteiger partial charge in [-0.05, 0) is 25.0 Å². The van der Waals surface area contributed by atoms with Crippen LogP contribution in [-0.4, -0.2) is 43.5 Å². The second-order valence-corrected chi connectivity index (χ2v) is 6.55. The van der Waals surface area contributed by atoms with E-state index in [0.29, 0.717) is 29.1 Å². The van der Waals surface area contributed by atoms with Gasteiger partial charge in [0.15, 0.2) is 12.0 Å². The Bertz CT molecular complexity index is 1050. The van der Waals surface area contributed by atoms with Gasteiger partial charge in [-0.2, -0.15) is 10.4 Å². The van der Waals surface area contributed by atoms with Gasteiger partial charge in [-0.1, -0.05) is 12.1 Å². The molecule has 3 aromatic rings. The summed E-state index contributed by atoms with van der Waals surface area (Å²) in [6, 6.07) is 6.86. The number of carbonyl (C=O) groups excluding carboxylic acids is 1. The number of carbonyl (C=O) groups is 1. The number of amides is 1. The maximum atomic E-state index is 11.3. The summed E-state index contributed by atoms with van der Waals surface area (Å²) in [5, 5.41) is 13.6. The Balaban J connectivity index is 1.84. The number of anilines is 1. The fourth-order valence-corrected chi connectivity index (χ4v) is 3.51. The highest BCUT2D eigenvalue weighted by Gasteiger charge is 2.27. The van der Waals surface area contributed by atoms with Crippen LogP contribution >= 0.6 is 0 Å². The first-order chi connectivity index (χ1) is 13.1. The number of hydrogen-bond acceptors (Lipinski definition) is 7. The number of benzene rings is 1. The van der Waals surface area contributed by atoms with Crippen molar-refractivity contribution in [2.24, 2.45) is 5.73 Å². The van der Waals surface area contributed by atoms with E-state index in [-0.39, 0.29) is 5.92 Å². The van der Waals surface area contributed by atoms with Crippen LogP contribution in [0.5, 0.6) is 0 Å². The van der Waals surface area contributed by atoms with E-state index in [1.807, 2.05) is 0 Å². The summed E-state index contributed by atoms with van der Waals surface area (Å²) >= 11 is 0. The third kappa shape index (κ3) is 2.91. The van der Waals surface area contributed by atoms with Gasteiger partial charge in [0.25, 0.3) is 0 Å². The lowest BCUT2D eigenvalue weighted by Crippen LogP contribution is -2.31. The number of imidazole rings is 1. The molecule has 9 heteroatoms. The summed E-state index contributed by atoms with van der Waals surface area (Å²) in [7, 11) is 0. The number of nitrogen functional groups attached to an aromatic ring is 1. The van der Waals surface area contributed by atoms with Crippen molar-refractivity contribution >= 4 is 17.2 Å². The lowest BCUT2D eigenvalue weighted by Gasteiger charge is -2.27. The summed E-state index contributed by atoms with van der Waals surface area (Å²) < 4.78 is 1.71. The minimum absolute atomic E-state index is 0.0684. The number of nitriles is 1. The number of rotatable bonds is 3. The fourth-order valence-electron chi connectivity index (χ4n) is 3.51. The van der Waals surface area contributed by atoms with Crippen LogP contribution in [0.4, 0.5) is 5.82 Å². The smallest absolute Gasteiger partial charge is 0.248 e. The Morgan fingerprint density at radius 3 is 2.78 bits per heavy atom. The monoisotopic (exact) mass is 362 g/mol. The van der Waals surface area contributed by atoms with Gasteiger partial charge in [0.2, 0.25) is 5.91 Å². The van der Waals surface area contributed by atoms with Crippen molar-refractivity contribution < 1.29 is 4.79 Å². The molecule has 1 aromatic carbocycles. The fraction of sp³-hybridized carbons (Fsp3) is 0.278.